The Labute approximate surface area is 195 Å². The smallest absolute Gasteiger partial charge is 0.242 e. The molecule has 7 nitrogen and oxygen atoms in total. The minimum Gasteiger partial charge on any atom is -0.497 e. The van der Waals surface area contributed by atoms with Crippen LogP contribution in [0.25, 0.3) is 10.4 Å². The molecule has 1 unspecified atom stereocenters. The second-order valence-corrected chi connectivity index (χ2v) is 10.3. The van der Waals surface area contributed by atoms with Crippen LogP contribution in [0.2, 0.25) is 0 Å². The molecular formula is C23H26N4O3S2. The van der Waals surface area contributed by atoms with Crippen LogP contribution in [0.5, 0.6) is 5.75 Å². The standard InChI is InChI=1S/C23H26N4O3S2/c1-30-16-5-2-4-14(10-16)19-11-25-22(32-19)15-12-27(13-15)23(29)18-7-8-20(31-18)26-21(28)17-6-3-9-24-17/h2,4-5,7-8,10-11,15,17,23-24,29H,3,6,9,12-13H2,1H3,(H,26,28)/t17-,23?/m0/s1. The van der Waals surface area contributed by atoms with Gasteiger partial charge in [-0.05, 0) is 49.2 Å². The van der Waals surface area contributed by atoms with Crippen LogP contribution in [0, 0.1) is 0 Å². The van der Waals surface area contributed by atoms with Gasteiger partial charge in [-0.3, -0.25) is 9.69 Å². The molecule has 9 heteroatoms. The Kier molecular flexibility index (Phi) is 6.25. The van der Waals surface area contributed by atoms with E-state index in [9.17, 15) is 9.90 Å². The molecule has 3 N–H and O–H groups in total. The highest BCUT2D eigenvalue weighted by molar-refractivity contribution is 7.16. The largest absolute Gasteiger partial charge is 0.497 e. The molecule has 1 aromatic carbocycles. The quantitative estimate of drug-likeness (QED) is 0.489. The lowest BCUT2D eigenvalue weighted by Gasteiger charge is -2.40. The normalized spacial score (nSPS) is 20.1. The summed E-state index contributed by atoms with van der Waals surface area (Å²) in [7, 11) is 1.67. The molecule has 32 heavy (non-hydrogen) atoms. The van der Waals surface area contributed by atoms with Gasteiger partial charge < -0.3 is 20.5 Å². The summed E-state index contributed by atoms with van der Waals surface area (Å²) >= 11 is 3.13. The van der Waals surface area contributed by atoms with E-state index in [2.05, 4.69) is 21.7 Å². The summed E-state index contributed by atoms with van der Waals surface area (Å²) in [6.07, 6.45) is 3.16. The lowest BCUT2D eigenvalue weighted by molar-refractivity contribution is -0.117. The first-order valence-electron chi connectivity index (χ1n) is 10.8. The van der Waals surface area contributed by atoms with Crippen LogP contribution < -0.4 is 15.4 Å². The maximum Gasteiger partial charge on any atom is 0.242 e. The number of carbonyl (C=O) groups is 1. The van der Waals surface area contributed by atoms with Crippen molar-refractivity contribution in [2.24, 2.45) is 0 Å². The summed E-state index contributed by atoms with van der Waals surface area (Å²) in [4.78, 5) is 20.9. The molecule has 0 aliphatic carbocycles. The Balaban J connectivity index is 1.17. The maximum atomic E-state index is 12.3. The number of aliphatic hydroxyl groups is 1. The third-order valence-corrected chi connectivity index (χ3v) is 8.24. The number of carbonyl (C=O) groups excluding carboxylic acids is 1. The van der Waals surface area contributed by atoms with Crippen LogP contribution in [0.4, 0.5) is 5.00 Å². The van der Waals surface area contributed by atoms with Gasteiger partial charge in [-0.1, -0.05) is 12.1 Å². The van der Waals surface area contributed by atoms with Crippen LogP contribution in [0.15, 0.2) is 42.6 Å². The molecule has 0 bridgehead atoms. The molecule has 0 saturated carbocycles. The molecule has 0 spiro atoms. The van der Waals surface area contributed by atoms with Gasteiger partial charge in [0, 0.05) is 25.2 Å². The Hall–Kier alpha value is -2.30. The van der Waals surface area contributed by atoms with Gasteiger partial charge in [-0.25, -0.2) is 4.98 Å². The molecule has 2 fully saturated rings. The number of thiazole rings is 1. The number of hydrogen-bond donors (Lipinski definition) is 3. The van der Waals surface area contributed by atoms with E-state index in [0.29, 0.717) is 5.92 Å². The van der Waals surface area contributed by atoms with Crippen molar-refractivity contribution in [2.45, 2.75) is 31.0 Å². The fourth-order valence-corrected chi connectivity index (χ4v) is 6.04. The molecular weight excluding hydrogens is 444 g/mol. The van der Waals surface area contributed by atoms with Gasteiger partial charge >= 0.3 is 0 Å². The zero-order chi connectivity index (χ0) is 22.1. The number of rotatable bonds is 7. The predicted molar refractivity (Wildman–Crippen MR) is 127 cm³/mol. The Morgan fingerprint density at radius 2 is 2.19 bits per heavy atom. The van der Waals surface area contributed by atoms with E-state index in [4.69, 9.17) is 4.74 Å². The lowest BCUT2D eigenvalue weighted by Crippen LogP contribution is -2.46. The number of amides is 1. The molecule has 3 aromatic rings. The van der Waals surface area contributed by atoms with Crippen molar-refractivity contribution >= 4 is 33.6 Å². The first-order valence-corrected chi connectivity index (χ1v) is 12.4. The van der Waals surface area contributed by atoms with Crippen molar-refractivity contribution in [1.29, 1.82) is 0 Å². The topological polar surface area (TPSA) is 86.7 Å². The second kappa shape index (κ2) is 9.29. The first-order chi connectivity index (χ1) is 15.6. The van der Waals surface area contributed by atoms with Crippen LogP contribution >= 0.6 is 22.7 Å². The van der Waals surface area contributed by atoms with E-state index in [1.165, 1.54) is 11.3 Å². The zero-order valence-electron chi connectivity index (χ0n) is 17.8. The van der Waals surface area contributed by atoms with Crippen molar-refractivity contribution in [3.63, 3.8) is 0 Å². The molecule has 2 saturated heterocycles. The number of ether oxygens (including phenoxy) is 1. The minimum absolute atomic E-state index is 0.00464. The number of benzene rings is 1. The fourth-order valence-electron chi connectivity index (χ4n) is 4.11. The second-order valence-electron chi connectivity index (χ2n) is 8.16. The van der Waals surface area contributed by atoms with Gasteiger partial charge in [-0.15, -0.1) is 22.7 Å². The summed E-state index contributed by atoms with van der Waals surface area (Å²) in [6.45, 7) is 2.42. The average Bonchev–Trinajstić information content (AvgIpc) is 3.54. The number of thiophene rings is 1. The summed E-state index contributed by atoms with van der Waals surface area (Å²) in [5, 5.41) is 18.8. The highest BCUT2D eigenvalue weighted by Crippen LogP contribution is 2.39. The minimum atomic E-state index is -0.663. The Morgan fingerprint density at radius 1 is 1.31 bits per heavy atom. The molecule has 1 amide bonds. The van der Waals surface area contributed by atoms with Gasteiger partial charge in [0.15, 0.2) is 0 Å². The van der Waals surface area contributed by atoms with Crippen LogP contribution in [0.3, 0.4) is 0 Å². The fraction of sp³-hybridized carbons (Fsp3) is 0.391. The molecule has 2 aliphatic rings. The summed E-state index contributed by atoms with van der Waals surface area (Å²) in [5.74, 6) is 1.16. The number of anilines is 1. The van der Waals surface area contributed by atoms with Crippen LogP contribution in [0.1, 0.15) is 34.9 Å². The molecule has 0 radical (unpaired) electrons. The third kappa shape index (κ3) is 4.44. The van der Waals surface area contributed by atoms with Crippen molar-refractivity contribution in [2.75, 3.05) is 32.1 Å². The summed E-state index contributed by atoms with van der Waals surface area (Å²) in [6, 6.07) is 11.7. The van der Waals surface area contributed by atoms with Crippen LogP contribution in [-0.4, -0.2) is 53.7 Å². The number of likely N-dealkylation sites (tertiary alicyclic amines) is 1. The van der Waals surface area contributed by atoms with E-state index in [1.807, 2.05) is 41.4 Å². The van der Waals surface area contributed by atoms with Crippen molar-refractivity contribution < 1.29 is 14.6 Å². The van der Waals surface area contributed by atoms with E-state index in [0.717, 1.165) is 63.6 Å². The maximum absolute atomic E-state index is 12.3. The number of nitrogens with one attached hydrogen (secondary N) is 2. The summed E-state index contributed by atoms with van der Waals surface area (Å²) in [5.41, 5.74) is 1.10. The predicted octanol–water partition coefficient (Wildman–Crippen LogP) is 3.66. The van der Waals surface area contributed by atoms with E-state index in [-0.39, 0.29) is 11.9 Å². The third-order valence-electron chi connectivity index (χ3n) is 5.99. The van der Waals surface area contributed by atoms with E-state index >= 15 is 0 Å². The van der Waals surface area contributed by atoms with Crippen molar-refractivity contribution in [1.82, 2.24) is 15.2 Å². The number of hydrogen-bond acceptors (Lipinski definition) is 8. The molecule has 5 rings (SSSR count). The van der Waals surface area contributed by atoms with E-state index in [1.54, 1.807) is 18.4 Å². The SMILES string of the molecule is COc1cccc(-c2cnc(C3CN(C(O)c4ccc(NC(=O)[C@@H]5CCCN5)s4)C3)s2)c1. The highest BCUT2D eigenvalue weighted by atomic mass is 32.1. The number of nitrogens with zero attached hydrogens (tertiary/aromatic N) is 2. The van der Waals surface area contributed by atoms with Gasteiger partial charge in [0.2, 0.25) is 5.91 Å². The molecule has 2 aromatic heterocycles. The average molecular weight is 471 g/mol. The molecule has 4 heterocycles. The van der Waals surface area contributed by atoms with Crippen LogP contribution in [-0.2, 0) is 4.79 Å². The van der Waals surface area contributed by atoms with Gasteiger partial charge in [0.25, 0.3) is 0 Å². The zero-order valence-corrected chi connectivity index (χ0v) is 19.4. The molecule has 168 valence electrons. The monoisotopic (exact) mass is 470 g/mol. The van der Waals surface area contributed by atoms with Crippen molar-refractivity contribution in [3.05, 3.63) is 52.5 Å². The van der Waals surface area contributed by atoms with E-state index < -0.39 is 6.23 Å². The Morgan fingerprint density at radius 3 is 2.97 bits per heavy atom. The van der Waals surface area contributed by atoms with Gasteiger partial charge in [-0.2, -0.15) is 0 Å². The van der Waals surface area contributed by atoms with Crippen molar-refractivity contribution in [3.8, 4) is 16.2 Å². The number of methoxy groups -OCH3 is 1. The molecule has 2 atom stereocenters. The summed E-state index contributed by atoms with van der Waals surface area (Å²) < 4.78 is 5.32. The highest BCUT2D eigenvalue weighted by Gasteiger charge is 2.35. The first kappa shape index (κ1) is 21.5. The van der Waals surface area contributed by atoms with Gasteiger partial charge in [0.1, 0.15) is 12.0 Å². The Bertz CT molecular complexity index is 1090. The lowest BCUT2D eigenvalue weighted by atomic mass is 10.0. The van der Waals surface area contributed by atoms with Gasteiger partial charge in [0.05, 0.1) is 32.9 Å². The number of aromatic nitrogens is 1. The number of aliphatic hydroxyl groups excluding tert-OH is 1. The molecule has 2 aliphatic heterocycles.